The second-order valence-corrected chi connectivity index (χ2v) is 6.65. The lowest BCUT2D eigenvalue weighted by atomic mass is 10.00. The molecule has 0 saturated heterocycles. The number of rotatable bonds is 5. The van der Waals surface area contributed by atoms with Gasteiger partial charge in [-0.1, -0.05) is 40.2 Å². The molecule has 0 aliphatic rings. The van der Waals surface area contributed by atoms with Crippen molar-refractivity contribution in [1.29, 1.82) is 0 Å². The van der Waals surface area contributed by atoms with Crippen molar-refractivity contribution in [2.24, 2.45) is 0 Å². The van der Waals surface area contributed by atoms with Gasteiger partial charge in [-0.3, -0.25) is 0 Å². The zero-order valence-corrected chi connectivity index (χ0v) is 14.9. The van der Waals surface area contributed by atoms with Crippen LogP contribution in [0.2, 0.25) is 0 Å². The Bertz CT molecular complexity index is 569. The second kappa shape index (κ2) is 7.54. The molecule has 1 atom stereocenters. The lowest BCUT2D eigenvalue weighted by Crippen LogP contribution is -2.02. The zero-order chi connectivity index (χ0) is 14.5. The predicted molar refractivity (Wildman–Crippen MR) is 92.9 cm³/mol. The van der Waals surface area contributed by atoms with Crippen LogP contribution in [0.15, 0.2) is 46.9 Å². The first-order valence-corrected chi connectivity index (χ1v) is 8.20. The Balaban J connectivity index is 2.20. The quantitative estimate of drug-likeness (QED) is 0.693. The Morgan fingerprint density at radius 2 is 1.90 bits per heavy atom. The van der Waals surface area contributed by atoms with Gasteiger partial charge >= 0.3 is 0 Å². The fourth-order valence-corrected chi connectivity index (χ4v) is 2.97. The maximum Gasteiger partial charge on any atom is 0.105 e. The van der Waals surface area contributed by atoms with Crippen LogP contribution in [0.4, 0.5) is 0 Å². The SMILES string of the molecule is COCCc1ccc(C(O)c2cc(I)ccc2Br)cc1. The van der Waals surface area contributed by atoms with E-state index in [0.717, 1.165) is 25.6 Å². The Labute approximate surface area is 141 Å². The third kappa shape index (κ3) is 4.04. The van der Waals surface area contributed by atoms with Crippen LogP contribution in [-0.2, 0) is 11.2 Å². The van der Waals surface area contributed by atoms with Gasteiger partial charge < -0.3 is 9.84 Å². The molecular formula is C16H16BrIO2. The summed E-state index contributed by atoms with van der Waals surface area (Å²) in [5.41, 5.74) is 3.00. The molecule has 0 amide bonds. The second-order valence-electron chi connectivity index (χ2n) is 4.55. The van der Waals surface area contributed by atoms with Crippen molar-refractivity contribution in [3.63, 3.8) is 0 Å². The van der Waals surface area contributed by atoms with Crippen LogP contribution in [0, 0.1) is 3.57 Å². The first-order chi connectivity index (χ1) is 9.61. The van der Waals surface area contributed by atoms with Gasteiger partial charge in [0.1, 0.15) is 6.10 Å². The van der Waals surface area contributed by atoms with E-state index < -0.39 is 6.10 Å². The first-order valence-electron chi connectivity index (χ1n) is 6.32. The minimum Gasteiger partial charge on any atom is -0.384 e. The Kier molecular flexibility index (Phi) is 6.01. The van der Waals surface area contributed by atoms with Crippen LogP contribution < -0.4 is 0 Å². The molecule has 2 nitrogen and oxygen atoms in total. The van der Waals surface area contributed by atoms with E-state index in [1.165, 1.54) is 5.56 Å². The van der Waals surface area contributed by atoms with Crippen molar-refractivity contribution in [3.05, 3.63) is 67.2 Å². The fraction of sp³-hybridized carbons (Fsp3) is 0.250. The van der Waals surface area contributed by atoms with E-state index >= 15 is 0 Å². The number of halogens is 2. The van der Waals surface area contributed by atoms with E-state index in [0.29, 0.717) is 6.61 Å². The molecule has 0 spiro atoms. The monoisotopic (exact) mass is 446 g/mol. The number of hydrogen-bond acceptors (Lipinski definition) is 2. The minimum atomic E-state index is -0.615. The summed E-state index contributed by atoms with van der Waals surface area (Å²) < 4.78 is 7.10. The maximum absolute atomic E-state index is 10.5. The van der Waals surface area contributed by atoms with Gasteiger partial charge in [-0.05, 0) is 58.3 Å². The molecular weight excluding hydrogens is 431 g/mol. The number of aliphatic hydroxyl groups excluding tert-OH is 1. The van der Waals surface area contributed by atoms with Crippen LogP contribution in [-0.4, -0.2) is 18.8 Å². The normalized spacial score (nSPS) is 12.4. The average molecular weight is 447 g/mol. The molecule has 20 heavy (non-hydrogen) atoms. The molecule has 2 aromatic carbocycles. The highest BCUT2D eigenvalue weighted by molar-refractivity contribution is 14.1. The van der Waals surface area contributed by atoms with Crippen molar-refractivity contribution in [2.45, 2.75) is 12.5 Å². The molecule has 0 saturated carbocycles. The summed E-state index contributed by atoms with van der Waals surface area (Å²) in [6, 6.07) is 14.0. The third-order valence-corrected chi connectivity index (χ3v) is 4.54. The van der Waals surface area contributed by atoms with Gasteiger partial charge in [-0.25, -0.2) is 0 Å². The highest BCUT2D eigenvalue weighted by Crippen LogP contribution is 2.30. The predicted octanol–water partition coefficient (Wildman–Crippen LogP) is 4.32. The molecule has 0 fully saturated rings. The molecule has 0 aliphatic carbocycles. The number of aliphatic hydroxyl groups is 1. The molecule has 2 rings (SSSR count). The van der Waals surface area contributed by atoms with E-state index in [9.17, 15) is 5.11 Å². The molecule has 0 heterocycles. The molecule has 0 aromatic heterocycles. The Morgan fingerprint density at radius 1 is 1.20 bits per heavy atom. The van der Waals surface area contributed by atoms with E-state index in [2.05, 4.69) is 38.5 Å². The summed E-state index contributed by atoms with van der Waals surface area (Å²) in [6.45, 7) is 0.713. The van der Waals surface area contributed by atoms with Gasteiger partial charge in [0.05, 0.1) is 6.61 Å². The highest BCUT2D eigenvalue weighted by atomic mass is 127. The number of ether oxygens (including phenoxy) is 1. The smallest absolute Gasteiger partial charge is 0.105 e. The van der Waals surface area contributed by atoms with Crippen LogP contribution in [0.1, 0.15) is 22.8 Å². The van der Waals surface area contributed by atoms with E-state index in [1.807, 2.05) is 42.5 Å². The summed E-state index contributed by atoms with van der Waals surface area (Å²) in [5.74, 6) is 0. The van der Waals surface area contributed by atoms with Gasteiger partial charge in [-0.15, -0.1) is 0 Å². The number of benzene rings is 2. The summed E-state index contributed by atoms with van der Waals surface area (Å²) >= 11 is 5.75. The van der Waals surface area contributed by atoms with Gasteiger partial charge in [0.15, 0.2) is 0 Å². The van der Waals surface area contributed by atoms with Crippen LogP contribution in [0.3, 0.4) is 0 Å². The van der Waals surface area contributed by atoms with Gasteiger partial charge in [-0.2, -0.15) is 0 Å². The van der Waals surface area contributed by atoms with Crippen molar-refractivity contribution in [1.82, 2.24) is 0 Å². The average Bonchev–Trinajstić information content (AvgIpc) is 2.47. The summed E-state index contributed by atoms with van der Waals surface area (Å²) in [6.07, 6.45) is 0.273. The van der Waals surface area contributed by atoms with Crippen LogP contribution in [0.5, 0.6) is 0 Å². The Hall–Kier alpha value is -0.430. The maximum atomic E-state index is 10.5. The van der Waals surface area contributed by atoms with Crippen molar-refractivity contribution in [3.8, 4) is 0 Å². The van der Waals surface area contributed by atoms with Gasteiger partial charge in [0.25, 0.3) is 0 Å². The van der Waals surface area contributed by atoms with Gasteiger partial charge in [0.2, 0.25) is 0 Å². The van der Waals surface area contributed by atoms with E-state index in [-0.39, 0.29) is 0 Å². The minimum absolute atomic E-state index is 0.615. The summed E-state index contributed by atoms with van der Waals surface area (Å²) in [5, 5.41) is 10.5. The van der Waals surface area contributed by atoms with Crippen molar-refractivity contribution >= 4 is 38.5 Å². The zero-order valence-electron chi connectivity index (χ0n) is 11.1. The number of hydrogen-bond donors (Lipinski definition) is 1. The molecule has 0 radical (unpaired) electrons. The molecule has 1 N–H and O–H groups in total. The van der Waals surface area contributed by atoms with Crippen molar-refractivity contribution < 1.29 is 9.84 Å². The molecule has 1 unspecified atom stereocenters. The van der Waals surface area contributed by atoms with E-state index in [4.69, 9.17) is 4.74 Å². The number of methoxy groups -OCH3 is 1. The third-order valence-electron chi connectivity index (χ3n) is 3.14. The summed E-state index contributed by atoms with van der Waals surface area (Å²) in [7, 11) is 1.70. The summed E-state index contributed by atoms with van der Waals surface area (Å²) in [4.78, 5) is 0. The van der Waals surface area contributed by atoms with E-state index in [1.54, 1.807) is 7.11 Å². The molecule has 0 aliphatic heterocycles. The fourth-order valence-electron chi connectivity index (χ4n) is 1.99. The molecule has 2 aromatic rings. The Morgan fingerprint density at radius 3 is 2.55 bits per heavy atom. The lowest BCUT2D eigenvalue weighted by Gasteiger charge is -2.14. The molecule has 106 valence electrons. The van der Waals surface area contributed by atoms with Crippen LogP contribution >= 0.6 is 38.5 Å². The largest absolute Gasteiger partial charge is 0.384 e. The topological polar surface area (TPSA) is 29.5 Å². The standard InChI is InChI=1S/C16H16BrIO2/c1-20-9-8-11-2-4-12(5-3-11)16(19)14-10-13(18)6-7-15(14)17/h2-7,10,16,19H,8-9H2,1H3. The van der Waals surface area contributed by atoms with Crippen molar-refractivity contribution in [2.75, 3.05) is 13.7 Å². The highest BCUT2D eigenvalue weighted by Gasteiger charge is 2.14. The van der Waals surface area contributed by atoms with Gasteiger partial charge in [0, 0.05) is 20.7 Å². The lowest BCUT2D eigenvalue weighted by molar-refractivity contribution is 0.202. The van der Waals surface area contributed by atoms with Crippen LogP contribution in [0.25, 0.3) is 0 Å². The first kappa shape index (κ1) is 15.9. The molecule has 0 bridgehead atoms. The molecule has 4 heteroatoms.